The molecule has 3 heterocycles. The highest BCUT2D eigenvalue weighted by atomic mass is 35.5. The second kappa shape index (κ2) is 8.55. The van der Waals surface area contributed by atoms with E-state index >= 15 is 0 Å². The average molecular weight is 319 g/mol. The molecule has 2 saturated heterocycles. The van der Waals surface area contributed by atoms with Crippen molar-refractivity contribution in [1.82, 2.24) is 10.3 Å². The van der Waals surface area contributed by atoms with E-state index in [0.717, 1.165) is 39.3 Å². The number of nitrogens with zero attached hydrogens (tertiary/aromatic N) is 3. The lowest BCUT2D eigenvalue weighted by Crippen LogP contribution is -2.44. The first kappa shape index (κ1) is 17.3. The number of piperidine rings is 1. The molecule has 0 bridgehead atoms. The molecule has 20 heavy (non-hydrogen) atoms. The van der Waals surface area contributed by atoms with E-state index in [-0.39, 0.29) is 24.8 Å². The van der Waals surface area contributed by atoms with Gasteiger partial charge < -0.3 is 15.1 Å². The van der Waals surface area contributed by atoms with E-state index in [9.17, 15) is 0 Å². The molecule has 0 radical (unpaired) electrons. The van der Waals surface area contributed by atoms with Crippen LogP contribution in [0.4, 0.5) is 11.5 Å². The van der Waals surface area contributed by atoms with Gasteiger partial charge in [0.05, 0.1) is 5.69 Å². The highest BCUT2D eigenvalue weighted by molar-refractivity contribution is 5.85. The zero-order chi connectivity index (χ0) is 12.2. The minimum atomic E-state index is 0. The van der Waals surface area contributed by atoms with Crippen LogP contribution in [0, 0.1) is 0 Å². The van der Waals surface area contributed by atoms with Gasteiger partial charge in [0.25, 0.3) is 0 Å². The fourth-order valence-corrected chi connectivity index (χ4v) is 2.89. The van der Waals surface area contributed by atoms with Gasteiger partial charge in [-0.2, -0.15) is 0 Å². The Labute approximate surface area is 133 Å². The SMILES string of the molecule is Cl.Cl.c1cnc(N2CCCCC2)c(N2CCNCC2)c1. The zero-order valence-electron chi connectivity index (χ0n) is 11.8. The minimum Gasteiger partial charge on any atom is -0.366 e. The molecule has 2 fully saturated rings. The highest BCUT2D eigenvalue weighted by Gasteiger charge is 2.20. The largest absolute Gasteiger partial charge is 0.366 e. The monoisotopic (exact) mass is 318 g/mol. The molecule has 1 aromatic heterocycles. The van der Waals surface area contributed by atoms with E-state index in [4.69, 9.17) is 0 Å². The number of hydrogen-bond donors (Lipinski definition) is 1. The molecule has 0 spiro atoms. The van der Waals surface area contributed by atoms with Gasteiger partial charge in [-0.05, 0) is 31.4 Å². The molecule has 0 aliphatic carbocycles. The molecule has 3 rings (SSSR count). The molecule has 2 aliphatic rings. The van der Waals surface area contributed by atoms with E-state index in [0.29, 0.717) is 0 Å². The number of anilines is 2. The summed E-state index contributed by atoms with van der Waals surface area (Å²) in [5.74, 6) is 1.19. The molecule has 0 unspecified atom stereocenters. The third-order valence-electron chi connectivity index (χ3n) is 3.88. The van der Waals surface area contributed by atoms with Crippen LogP contribution >= 0.6 is 24.8 Å². The summed E-state index contributed by atoms with van der Waals surface area (Å²) in [6.45, 7) is 6.66. The van der Waals surface area contributed by atoms with Gasteiger partial charge in [-0.1, -0.05) is 0 Å². The zero-order valence-corrected chi connectivity index (χ0v) is 13.4. The Hall–Kier alpha value is -0.710. The number of pyridine rings is 1. The molecule has 1 aromatic rings. The molecular formula is C14H24Cl2N4. The molecular weight excluding hydrogens is 295 g/mol. The minimum absolute atomic E-state index is 0. The fraction of sp³-hybridized carbons (Fsp3) is 0.643. The van der Waals surface area contributed by atoms with Gasteiger partial charge in [-0.15, -0.1) is 24.8 Å². The average Bonchev–Trinajstić information content (AvgIpc) is 2.49. The van der Waals surface area contributed by atoms with Crippen LogP contribution in [0.3, 0.4) is 0 Å². The molecule has 6 heteroatoms. The van der Waals surface area contributed by atoms with Crippen molar-refractivity contribution in [3.8, 4) is 0 Å². The van der Waals surface area contributed by atoms with Gasteiger partial charge >= 0.3 is 0 Å². The maximum Gasteiger partial charge on any atom is 0.152 e. The summed E-state index contributed by atoms with van der Waals surface area (Å²) in [5.41, 5.74) is 1.32. The predicted octanol–water partition coefficient (Wildman–Crippen LogP) is 2.33. The van der Waals surface area contributed by atoms with E-state index in [1.54, 1.807) is 0 Å². The molecule has 0 saturated carbocycles. The van der Waals surface area contributed by atoms with Crippen LogP contribution in [0.1, 0.15) is 19.3 Å². The van der Waals surface area contributed by atoms with Crippen LogP contribution < -0.4 is 15.1 Å². The van der Waals surface area contributed by atoms with Crippen molar-refractivity contribution in [2.75, 3.05) is 49.1 Å². The topological polar surface area (TPSA) is 31.4 Å². The Balaban J connectivity index is 0.000001000. The van der Waals surface area contributed by atoms with Crippen molar-refractivity contribution >= 4 is 36.3 Å². The van der Waals surface area contributed by atoms with Crippen molar-refractivity contribution in [3.05, 3.63) is 18.3 Å². The molecule has 2 aliphatic heterocycles. The molecule has 0 amide bonds. The van der Waals surface area contributed by atoms with Crippen molar-refractivity contribution < 1.29 is 0 Å². The van der Waals surface area contributed by atoms with Crippen LogP contribution in [-0.4, -0.2) is 44.3 Å². The lowest BCUT2D eigenvalue weighted by atomic mass is 10.1. The maximum absolute atomic E-state index is 4.64. The Morgan fingerprint density at radius 2 is 1.60 bits per heavy atom. The summed E-state index contributed by atoms with van der Waals surface area (Å²) >= 11 is 0. The fourth-order valence-electron chi connectivity index (χ4n) is 2.89. The second-order valence-electron chi connectivity index (χ2n) is 5.13. The molecule has 4 nitrogen and oxygen atoms in total. The van der Waals surface area contributed by atoms with Crippen LogP contribution in [-0.2, 0) is 0 Å². The summed E-state index contributed by atoms with van der Waals surface area (Å²) in [5, 5.41) is 3.41. The van der Waals surface area contributed by atoms with Crippen LogP contribution in [0.5, 0.6) is 0 Å². The summed E-state index contributed by atoms with van der Waals surface area (Å²) in [6, 6.07) is 4.28. The van der Waals surface area contributed by atoms with Gasteiger partial charge in [0.15, 0.2) is 5.82 Å². The van der Waals surface area contributed by atoms with E-state index in [1.165, 1.54) is 30.8 Å². The standard InChI is InChI=1S/C14H22N4.2ClH/c1-2-9-18(10-3-1)14-13(5-4-6-16-14)17-11-7-15-8-12-17;;/h4-6,15H,1-3,7-12H2;2*1H. The van der Waals surface area contributed by atoms with Crippen LogP contribution in [0.25, 0.3) is 0 Å². The van der Waals surface area contributed by atoms with Gasteiger partial charge in [0.2, 0.25) is 0 Å². The van der Waals surface area contributed by atoms with E-state index in [2.05, 4.69) is 32.2 Å². The smallest absolute Gasteiger partial charge is 0.152 e. The first-order valence-corrected chi connectivity index (χ1v) is 7.11. The van der Waals surface area contributed by atoms with Gasteiger partial charge in [-0.3, -0.25) is 0 Å². The molecule has 0 aromatic carbocycles. The van der Waals surface area contributed by atoms with Gasteiger partial charge in [-0.25, -0.2) is 4.98 Å². The van der Waals surface area contributed by atoms with Crippen molar-refractivity contribution in [2.45, 2.75) is 19.3 Å². The molecule has 114 valence electrons. The quantitative estimate of drug-likeness (QED) is 0.907. The van der Waals surface area contributed by atoms with Crippen LogP contribution in [0.15, 0.2) is 18.3 Å². The Bertz CT molecular complexity index is 354. The van der Waals surface area contributed by atoms with Crippen LogP contribution in [0.2, 0.25) is 0 Å². The number of piperazine rings is 1. The summed E-state index contributed by atoms with van der Waals surface area (Å²) in [6.07, 6.45) is 5.90. The number of halogens is 2. The summed E-state index contributed by atoms with van der Waals surface area (Å²) in [7, 11) is 0. The maximum atomic E-state index is 4.64. The number of nitrogens with one attached hydrogen (secondary N) is 1. The van der Waals surface area contributed by atoms with Crippen molar-refractivity contribution in [1.29, 1.82) is 0 Å². The highest BCUT2D eigenvalue weighted by Crippen LogP contribution is 2.29. The first-order chi connectivity index (χ1) is 8.95. The van der Waals surface area contributed by atoms with Crippen molar-refractivity contribution in [3.63, 3.8) is 0 Å². The van der Waals surface area contributed by atoms with Gasteiger partial charge in [0, 0.05) is 45.5 Å². The number of hydrogen-bond acceptors (Lipinski definition) is 4. The third-order valence-corrected chi connectivity index (χ3v) is 3.88. The summed E-state index contributed by atoms with van der Waals surface area (Å²) < 4.78 is 0. The number of aromatic nitrogens is 1. The van der Waals surface area contributed by atoms with E-state index in [1.807, 2.05) is 6.20 Å². The molecule has 0 atom stereocenters. The first-order valence-electron chi connectivity index (χ1n) is 7.11. The normalized spacial score (nSPS) is 19.0. The molecule has 1 N–H and O–H groups in total. The lowest BCUT2D eigenvalue weighted by molar-refractivity contribution is 0.566. The summed E-state index contributed by atoms with van der Waals surface area (Å²) in [4.78, 5) is 9.57. The third kappa shape index (κ3) is 3.90. The van der Waals surface area contributed by atoms with Crippen molar-refractivity contribution in [2.24, 2.45) is 0 Å². The Kier molecular flexibility index (Phi) is 7.41. The Morgan fingerprint density at radius 3 is 2.30 bits per heavy atom. The second-order valence-corrected chi connectivity index (χ2v) is 5.13. The predicted molar refractivity (Wildman–Crippen MR) is 89.9 cm³/mol. The lowest BCUT2D eigenvalue weighted by Gasteiger charge is -2.35. The van der Waals surface area contributed by atoms with E-state index < -0.39 is 0 Å². The Morgan fingerprint density at radius 1 is 0.900 bits per heavy atom. The van der Waals surface area contributed by atoms with Gasteiger partial charge in [0.1, 0.15) is 0 Å². The number of rotatable bonds is 2.